The van der Waals surface area contributed by atoms with Crippen molar-refractivity contribution in [2.24, 2.45) is 0 Å². The smallest absolute Gasteiger partial charge is 0.265 e. The quantitative estimate of drug-likeness (QED) is 0.564. The highest BCUT2D eigenvalue weighted by atomic mass is 16.5. The number of carbonyl (C=O) groups excluding carboxylic acids is 1. The number of ether oxygens (including phenoxy) is 3. The van der Waals surface area contributed by atoms with Gasteiger partial charge in [0.2, 0.25) is 5.89 Å². The Labute approximate surface area is 174 Å². The first kappa shape index (κ1) is 19.8. The maximum Gasteiger partial charge on any atom is 0.265 e. The number of benzene rings is 2. The van der Waals surface area contributed by atoms with Crippen molar-refractivity contribution in [3.8, 4) is 17.2 Å². The summed E-state index contributed by atoms with van der Waals surface area (Å²) < 4.78 is 22.1. The molecule has 2 aromatic carbocycles. The number of para-hydroxylation sites is 2. The van der Waals surface area contributed by atoms with E-state index in [1.807, 2.05) is 56.3 Å². The van der Waals surface area contributed by atoms with Gasteiger partial charge in [-0.15, -0.1) is 0 Å². The van der Waals surface area contributed by atoms with E-state index in [2.05, 4.69) is 10.1 Å². The van der Waals surface area contributed by atoms with E-state index in [4.69, 9.17) is 18.7 Å². The summed E-state index contributed by atoms with van der Waals surface area (Å²) in [5.41, 5.74) is 1.66. The lowest BCUT2D eigenvalue weighted by Crippen LogP contribution is -2.38. The van der Waals surface area contributed by atoms with Crippen LogP contribution in [0.2, 0.25) is 0 Å². The molecule has 1 aliphatic rings. The molecule has 0 unspecified atom stereocenters. The summed E-state index contributed by atoms with van der Waals surface area (Å²) in [7, 11) is 0. The standard InChI is InChI=1S/C22H23N3O5/c1-3-27-18-10-9-15(11-19(18)28-4-2)12-21-23-20(24-30-21)13-25-16-7-5-6-8-17(16)29-14-22(25)26/h5-11H,3-4,12-14H2,1-2H3. The average molecular weight is 409 g/mol. The molecule has 0 aliphatic carbocycles. The highest BCUT2D eigenvalue weighted by Crippen LogP contribution is 2.32. The number of anilines is 1. The first-order valence-electron chi connectivity index (χ1n) is 9.90. The van der Waals surface area contributed by atoms with Crippen LogP contribution in [-0.4, -0.2) is 35.9 Å². The fourth-order valence-electron chi connectivity index (χ4n) is 3.28. The molecule has 3 aromatic rings. The summed E-state index contributed by atoms with van der Waals surface area (Å²) in [5, 5.41) is 4.04. The highest BCUT2D eigenvalue weighted by molar-refractivity contribution is 5.97. The Morgan fingerprint density at radius 2 is 1.87 bits per heavy atom. The van der Waals surface area contributed by atoms with Crippen molar-refractivity contribution in [2.75, 3.05) is 24.7 Å². The monoisotopic (exact) mass is 409 g/mol. The number of aromatic nitrogens is 2. The van der Waals surface area contributed by atoms with Crippen LogP contribution in [-0.2, 0) is 17.8 Å². The van der Waals surface area contributed by atoms with Crippen LogP contribution in [0, 0.1) is 0 Å². The van der Waals surface area contributed by atoms with Crippen LogP contribution >= 0.6 is 0 Å². The molecule has 0 atom stereocenters. The lowest BCUT2D eigenvalue weighted by Gasteiger charge is -2.28. The molecule has 2 heterocycles. The minimum atomic E-state index is -0.145. The zero-order chi connectivity index (χ0) is 20.9. The van der Waals surface area contributed by atoms with E-state index in [-0.39, 0.29) is 19.1 Å². The van der Waals surface area contributed by atoms with Gasteiger partial charge in [-0.1, -0.05) is 23.4 Å². The molecule has 0 saturated heterocycles. The highest BCUT2D eigenvalue weighted by Gasteiger charge is 2.26. The molecule has 0 radical (unpaired) electrons. The third-order valence-corrected chi connectivity index (χ3v) is 4.58. The fraction of sp³-hybridized carbons (Fsp3) is 0.318. The van der Waals surface area contributed by atoms with Crippen molar-refractivity contribution in [3.63, 3.8) is 0 Å². The van der Waals surface area contributed by atoms with E-state index in [0.29, 0.717) is 54.3 Å². The fourth-order valence-corrected chi connectivity index (χ4v) is 3.28. The third-order valence-electron chi connectivity index (χ3n) is 4.58. The molecular formula is C22H23N3O5. The van der Waals surface area contributed by atoms with Gasteiger partial charge in [-0.25, -0.2) is 0 Å². The summed E-state index contributed by atoms with van der Waals surface area (Å²) in [6, 6.07) is 13.1. The van der Waals surface area contributed by atoms with E-state index in [1.54, 1.807) is 4.90 Å². The number of fused-ring (bicyclic) bond motifs is 1. The van der Waals surface area contributed by atoms with Gasteiger partial charge >= 0.3 is 0 Å². The Balaban J connectivity index is 1.49. The minimum Gasteiger partial charge on any atom is -0.490 e. The zero-order valence-corrected chi connectivity index (χ0v) is 17.0. The van der Waals surface area contributed by atoms with Gasteiger partial charge in [0.1, 0.15) is 5.75 Å². The Morgan fingerprint density at radius 3 is 2.70 bits per heavy atom. The predicted octanol–water partition coefficient (Wildman–Crippen LogP) is 3.38. The molecule has 30 heavy (non-hydrogen) atoms. The topological polar surface area (TPSA) is 86.9 Å². The molecule has 0 N–H and O–H groups in total. The van der Waals surface area contributed by atoms with Crippen molar-refractivity contribution in [2.45, 2.75) is 26.8 Å². The Hall–Kier alpha value is -3.55. The van der Waals surface area contributed by atoms with Crippen LogP contribution in [0.25, 0.3) is 0 Å². The molecule has 0 bridgehead atoms. The van der Waals surface area contributed by atoms with Gasteiger partial charge in [-0.2, -0.15) is 4.98 Å². The number of hydrogen-bond donors (Lipinski definition) is 0. The summed E-state index contributed by atoms with van der Waals surface area (Å²) >= 11 is 0. The number of carbonyl (C=O) groups is 1. The van der Waals surface area contributed by atoms with E-state index in [0.717, 1.165) is 5.56 Å². The molecule has 156 valence electrons. The Morgan fingerprint density at radius 1 is 1.07 bits per heavy atom. The largest absolute Gasteiger partial charge is 0.490 e. The third kappa shape index (κ3) is 4.22. The summed E-state index contributed by atoms with van der Waals surface area (Å²) in [4.78, 5) is 18.4. The van der Waals surface area contributed by atoms with Crippen molar-refractivity contribution < 1.29 is 23.5 Å². The zero-order valence-electron chi connectivity index (χ0n) is 17.0. The number of amides is 1. The molecule has 1 amide bonds. The molecule has 4 rings (SSSR count). The van der Waals surface area contributed by atoms with Crippen LogP contribution in [0.1, 0.15) is 31.1 Å². The molecule has 1 aliphatic heterocycles. The van der Waals surface area contributed by atoms with Crippen LogP contribution in [0.3, 0.4) is 0 Å². The second-order valence-electron chi connectivity index (χ2n) is 6.66. The summed E-state index contributed by atoms with van der Waals surface area (Å²) in [5.74, 6) is 2.81. The maximum atomic E-state index is 12.3. The van der Waals surface area contributed by atoms with Gasteiger partial charge in [0, 0.05) is 0 Å². The van der Waals surface area contributed by atoms with Gasteiger partial charge in [-0.05, 0) is 43.7 Å². The van der Waals surface area contributed by atoms with Crippen LogP contribution < -0.4 is 19.1 Å². The van der Waals surface area contributed by atoms with Gasteiger partial charge < -0.3 is 18.7 Å². The molecule has 1 aromatic heterocycles. The second kappa shape index (κ2) is 8.86. The van der Waals surface area contributed by atoms with Gasteiger partial charge in [0.15, 0.2) is 23.9 Å². The van der Waals surface area contributed by atoms with Gasteiger partial charge in [-0.3, -0.25) is 9.69 Å². The SMILES string of the molecule is CCOc1ccc(Cc2nc(CN3C(=O)COc4ccccc43)no2)cc1OCC. The second-order valence-corrected chi connectivity index (χ2v) is 6.66. The van der Waals surface area contributed by atoms with Gasteiger partial charge in [0.25, 0.3) is 5.91 Å². The normalized spacial score (nSPS) is 13.0. The van der Waals surface area contributed by atoms with Crippen LogP contribution in [0.4, 0.5) is 5.69 Å². The molecule has 0 spiro atoms. The van der Waals surface area contributed by atoms with Crippen molar-refractivity contribution in [3.05, 3.63) is 59.7 Å². The van der Waals surface area contributed by atoms with E-state index >= 15 is 0 Å². The van der Waals surface area contributed by atoms with E-state index < -0.39 is 0 Å². The Bertz CT molecular complexity index is 1030. The first-order chi connectivity index (χ1) is 14.7. The molecule has 0 fully saturated rings. The van der Waals surface area contributed by atoms with E-state index in [9.17, 15) is 4.79 Å². The number of nitrogens with zero attached hydrogens (tertiary/aromatic N) is 3. The first-order valence-corrected chi connectivity index (χ1v) is 9.90. The lowest BCUT2D eigenvalue weighted by molar-refractivity contribution is -0.121. The van der Waals surface area contributed by atoms with Gasteiger partial charge in [0.05, 0.1) is 31.9 Å². The summed E-state index contributed by atoms with van der Waals surface area (Å²) in [6.45, 7) is 5.18. The minimum absolute atomic E-state index is 0.00585. The average Bonchev–Trinajstić information content (AvgIpc) is 3.19. The number of hydrogen-bond acceptors (Lipinski definition) is 7. The maximum absolute atomic E-state index is 12.3. The van der Waals surface area contributed by atoms with Crippen molar-refractivity contribution in [1.82, 2.24) is 10.1 Å². The molecule has 8 heteroatoms. The van der Waals surface area contributed by atoms with E-state index in [1.165, 1.54) is 0 Å². The Kier molecular flexibility index (Phi) is 5.83. The molecular weight excluding hydrogens is 386 g/mol. The summed E-state index contributed by atoms with van der Waals surface area (Å²) in [6.07, 6.45) is 0.452. The lowest BCUT2D eigenvalue weighted by atomic mass is 10.1. The molecule has 0 saturated carbocycles. The van der Waals surface area contributed by atoms with Crippen molar-refractivity contribution >= 4 is 11.6 Å². The van der Waals surface area contributed by atoms with Crippen molar-refractivity contribution in [1.29, 1.82) is 0 Å². The van der Waals surface area contributed by atoms with Crippen LogP contribution in [0.15, 0.2) is 47.0 Å². The number of rotatable bonds is 8. The van der Waals surface area contributed by atoms with Crippen LogP contribution in [0.5, 0.6) is 17.2 Å². The molecule has 8 nitrogen and oxygen atoms in total. The predicted molar refractivity (Wildman–Crippen MR) is 109 cm³/mol.